The first-order valence-electron chi connectivity index (χ1n) is 12.2. The number of allylic oxidation sites excluding steroid dienone is 1. The molecule has 1 saturated heterocycles. The number of hydrogen-bond donors (Lipinski definition) is 2. The Balaban J connectivity index is 0.000000684. The minimum atomic E-state index is 0.186. The molecule has 1 saturated carbocycles. The summed E-state index contributed by atoms with van der Waals surface area (Å²) in [5.74, 6) is 1.05. The third-order valence-electron chi connectivity index (χ3n) is 5.48. The van der Waals surface area contributed by atoms with E-state index >= 15 is 0 Å². The van der Waals surface area contributed by atoms with Crippen LogP contribution in [0.5, 0.6) is 0 Å². The molecule has 4 rings (SSSR count). The zero-order chi connectivity index (χ0) is 26.3. The summed E-state index contributed by atoms with van der Waals surface area (Å²) in [6.07, 6.45) is 8.65. The first-order valence-corrected chi connectivity index (χ1v) is 13.0. The van der Waals surface area contributed by atoms with E-state index in [1.54, 1.807) is 6.33 Å². The van der Waals surface area contributed by atoms with Crippen LogP contribution >= 0.6 is 11.9 Å². The van der Waals surface area contributed by atoms with E-state index in [1.165, 1.54) is 24.8 Å². The Kier molecular flexibility index (Phi) is 13.9. The summed E-state index contributed by atoms with van der Waals surface area (Å²) in [7, 11) is 0. The van der Waals surface area contributed by atoms with Crippen LogP contribution in [0, 0.1) is 6.92 Å². The van der Waals surface area contributed by atoms with Crippen LogP contribution in [-0.4, -0.2) is 52.7 Å². The predicted molar refractivity (Wildman–Crippen MR) is 147 cm³/mol. The van der Waals surface area contributed by atoms with Gasteiger partial charge in [0.15, 0.2) is 12.6 Å². The average Bonchev–Trinajstić information content (AvgIpc) is 3.69. The Morgan fingerprint density at radius 3 is 2.17 bits per heavy atom. The molecule has 2 fully saturated rings. The van der Waals surface area contributed by atoms with Crippen molar-refractivity contribution in [2.75, 3.05) is 30.0 Å². The fourth-order valence-corrected chi connectivity index (χ4v) is 4.05. The highest BCUT2D eigenvalue weighted by molar-refractivity contribution is 7.97. The van der Waals surface area contributed by atoms with E-state index in [2.05, 4.69) is 68.6 Å². The molecule has 1 aliphatic heterocycles. The lowest BCUT2D eigenvalue weighted by molar-refractivity contribution is -0.122. The van der Waals surface area contributed by atoms with Crippen LogP contribution in [0.25, 0.3) is 6.08 Å². The van der Waals surface area contributed by atoms with Gasteiger partial charge in [-0.2, -0.15) is 0 Å². The van der Waals surface area contributed by atoms with Crippen molar-refractivity contribution in [1.29, 1.82) is 0 Å². The van der Waals surface area contributed by atoms with Crippen molar-refractivity contribution in [3.8, 4) is 0 Å². The Labute approximate surface area is 214 Å². The van der Waals surface area contributed by atoms with Gasteiger partial charge in [-0.3, -0.25) is 14.7 Å². The molecule has 3 N–H and O–H groups in total. The number of nitrogens with two attached hydrogens (primary N) is 1. The van der Waals surface area contributed by atoms with Gasteiger partial charge >= 0.3 is 0 Å². The quantitative estimate of drug-likeness (QED) is 0.325. The number of anilines is 2. The van der Waals surface area contributed by atoms with Crippen molar-refractivity contribution in [3.63, 3.8) is 0 Å². The van der Waals surface area contributed by atoms with Crippen LogP contribution in [0.2, 0.25) is 0 Å². The first kappa shape index (κ1) is 30.3. The molecule has 2 aromatic rings. The summed E-state index contributed by atoms with van der Waals surface area (Å²) in [5.41, 5.74) is 7.08. The van der Waals surface area contributed by atoms with Gasteiger partial charge in [-0.05, 0) is 62.9 Å². The number of piperazine rings is 1. The number of nitrogens with one attached hydrogen (secondary N) is 1. The molecule has 192 valence electrons. The van der Waals surface area contributed by atoms with Crippen LogP contribution in [0.1, 0.15) is 58.7 Å². The number of nitrogens with zero attached hydrogens (tertiary/aromatic N) is 4. The van der Waals surface area contributed by atoms with Gasteiger partial charge in [0.25, 0.3) is 0 Å². The van der Waals surface area contributed by atoms with Gasteiger partial charge in [0.1, 0.15) is 12.1 Å². The molecule has 0 radical (unpaired) electrons. The monoisotopic (exact) mass is 500 g/mol. The van der Waals surface area contributed by atoms with Gasteiger partial charge in [0.05, 0.1) is 11.2 Å². The van der Waals surface area contributed by atoms with E-state index < -0.39 is 0 Å². The molecule has 1 aromatic carbocycles. The second-order valence-electron chi connectivity index (χ2n) is 7.52. The molecule has 35 heavy (non-hydrogen) atoms. The second-order valence-corrected chi connectivity index (χ2v) is 8.23. The third-order valence-corrected chi connectivity index (χ3v) is 6.03. The molecule has 1 spiro atoms. The number of rotatable bonds is 6. The van der Waals surface area contributed by atoms with E-state index in [9.17, 15) is 0 Å². The Hall–Kier alpha value is -2.75. The summed E-state index contributed by atoms with van der Waals surface area (Å²) in [4.78, 5) is 30.1. The summed E-state index contributed by atoms with van der Waals surface area (Å²) >= 11 is 1.27. The number of aldehydes is 2. The van der Waals surface area contributed by atoms with Crippen molar-refractivity contribution < 1.29 is 9.59 Å². The summed E-state index contributed by atoms with van der Waals surface area (Å²) in [6, 6.07) is 8.29. The number of carbonyl (C=O) groups is 2. The van der Waals surface area contributed by atoms with Gasteiger partial charge in [0, 0.05) is 35.8 Å². The number of aromatic nitrogens is 2. The Morgan fingerprint density at radius 1 is 1.03 bits per heavy atom. The minimum Gasteiger partial charge on any atom is -0.353 e. The molecule has 2 aliphatic rings. The lowest BCUT2D eigenvalue weighted by Gasteiger charge is -2.43. The molecule has 9 heteroatoms. The number of carbonyl (C=O) groups excluding carboxylic acids is 2. The average molecular weight is 501 g/mol. The first-order chi connectivity index (χ1) is 17.1. The fourth-order valence-electron chi connectivity index (χ4n) is 3.75. The maximum atomic E-state index is 8.81. The van der Waals surface area contributed by atoms with E-state index in [4.69, 9.17) is 14.7 Å². The third kappa shape index (κ3) is 8.45. The smallest absolute Gasteiger partial charge is 0.182 e. The van der Waals surface area contributed by atoms with Crippen molar-refractivity contribution >= 4 is 42.1 Å². The van der Waals surface area contributed by atoms with E-state index in [0.29, 0.717) is 0 Å². The van der Waals surface area contributed by atoms with Crippen molar-refractivity contribution in [3.05, 3.63) is 47.9 Å². The number of hydrazine groups is 1. The van der Waals surface area contributed by atoms with Crippen LogP contribution < -0.4 is 15.5 Å². The van der Waals surface area contributed by atoms with Gasteiger partial charge in [0.2, 0.25) is 0 Å². The number of aryl methyl sites for hydroxylation is 1. The van der Waals surface area contributed by atoms with Crippen LogP contribution in [0.15, 0.2) is 41.6 Å². The highest BCUT2D eigenvalue weighted by Gasteiger charge is 2.52. The van der Waals surface area contributed by atoms with Crippen LogP contribution in [-0.2, 0) is 9.59 Å². The molecule has 0 amide bonds. The Morgan fingerprint density at radius 2 is 1.66 bits per heavy atom. The largest absolute Gasteiger partial charge is 0.353 e. The van der Waals surface area contributed by atoms with Crippen molar-refractivity contribution in [2.24, 2.45) is 5.14 Å². The Bertz CT molecular complexity index is 926. The van der Waals surface area contributed by atoms with Gasteiger partial charge in [-0.1, -0.05) is 39.8 Å². The summed E-state index contributed by atoms with van der Waals surface area (Å²) < 4.78 is 0. The van der Waals surface area contributed by atoms with Gasteiger partial charge < -0.3 is 10.3 Å². The second kappa shape index (κ2) is 16.0. The highest BCUT2D eigenvalue weighted by atomic mass is 32.2. The van der Waals surface area contributed by atoms with Gasteiger partial charge in [-0.25, -0.2) is 15.0 Å². The molecule has 1 aromatic heterocycles. The molecular weight excluding hydrogens is 460 g/mol. The van der Waals surface area contributed by atoms with Crippen LogP contribution in [0.3, 0.4) is 0 Å². The molecule has 2 heterocycles. The minimum absolute atomic E-state index is 0.186. The van der Waals surface area contributed by atoms with E-state index in [-0.39, 0.29) is 18.1 Å². The van der Waals surface area contributed by atoms with Crippen molar-refractivity contribution in [1.82, 2.24) is 15.0 Å². The van der Waals surface area contributed by atoms with Gasteiger partial charge in [-0.15, -0.1) is 0 Å². The zero-order valence-electron chi connectivity index (χ0n) is 21.8. The molecular formula is C26H40N6O2S. The maximum absolute atomic E-state index is 8.81. The zero-order valence-corrected chi connectivity index (χ0v) is 22.6. The number of benzene rings is 1. The van der Waals surface area contributed by atoms with Crippen molar-refractivity contribution in [2.45, 2.75) is 64.8 Å². The normalized spacial score (nSPS) is 15.6. The summed E-state index contributed by atoms with van der Waals surface area (Å²) in [6.45, 7) is 15.0. The lowest BCUT2D eigenvalue weighted by atomic mass is 10.1. The molecule has 0 atom stereocenters. The highest BCUT2D eigenvalue weighted by Crippen LogP contribution is 2.45. The van der Waals surface area contributed by atoms with E-state index in [1.807, 2.05) is 34.6 Å². The molecule has 0 bridgehead atoms. The maximum Gasteiger partial charge on any atom is 0.182 e. The predicted octanol–water partition coefficient (Wildman–Crippen LogP) is 4.90. The topological polar surface area (TPSA) is 104 Å². The molecule has 1 aliphatic carbocycles. The standard InChI is InChI=1S/C20H26N6S.C2H2O2.2C2H6/c1-3-4-18-15(2)22-14-23-19(18)25-11-12-26(20(13-25)9-10-20)24-16-5-7-17(27-21)8-6-16;3-1-2-4;2*1-2/h3-8,14,24H,9-13,21H2,1-2H3;1-2H;2*1-2H3/b4-3-;;;. The molecule has 0 unspecified atom stereocenters. The van der Waals surface area contributed by atoms with Crippen LogP contribution in [0.4, 0.5) is 11.5 Å². The lowest BCUT2D eigenvalue weighted by Crippen LogP contribution is -2.57. The number of hydrogen-bond acceptors (Lipinski definition) is 9. The molecule has 8 nitrogen and oxygen atoms in total. The fraction of sp³-hybridized carbons (Fsp3) is 0.462. The summed E-state index contributed by atoms with van der Waals surface area (Å²) in [5, 5.41) is 8.03. The SMILES string of the molecule is C/C=C\c1c(C)ncnc1N1CCN(Nc2ccc(SN)cc2)C2(CC2)C1.CC.CC.O=CC=O. The van der Waals surface area contributed by atoms with E-state index in [0.717, 1.165) is 47.3 Å².